The number of thioether (sulfide) groups is 1. The lowest BCUT2D eigenvalue weighted by Gasteiger charge is -2.08. The van der Waals surface area contributed by atoms with Gasteiger partial charge < -0.3 is 0 Å². The lowest BCUT2D eigenvalue weighted by molar-refractivity contribution is 0.0920. The maximum Gasteiger partial charge on any atom is 0.232 e. The lowest BCUT2D eigenvalue weighted by atomic mass is 10.1. The van der Waals surface area contributed by atoms with E-state index in [0.29, 0.717) is 22.8 Å². The smallest absolute Gasteiger partial charge is 0.232 e. The van der Waals surface area contributed by atoms with Crippen LogP contribution in [0.2, 0.25) is 0 Å². The van der Waals surface area contributed by atoms with Crippen LogP contribution in [0, 0.1) is 11.3 Å². The molecular formula is C27H19N3OS. The molecule has 0 aliphatic carbocycles. The van der Waals surface area contributed by atoms with Gasteiger partial charge in [-0.05, 0) is 24.3 Å². The molecule has 2 heterocycles. The minimum absolute atomic E-state index is 0.0348. The van der Waals surface area contributed by atoms with Gasteiger partial charge in [-0.3, -0.25) is 9.36 Å². The molecule has 0 amide bonds. The van der Waals surface area contributed by atoms with Gasteiger partial charge in [0.15, 0.2) is 0 Å². The number of carbonyl (C=O) groups is 1. The molecule has 0 spiro atoms. The molecule has 0 saturated carbocycles. The van der Waals surface area contributed by atoms with Gasteiger partial charge in [-0.15, -0.1) is 11.8 Å². The first-order valence-corrected chi connectivity index (χ1v) is 11.4. The Bertz CT molecular complexity index is 1430. The summed E-state index contributed by atoms with van der Waals surface area (Å²) in [7, 11) is 0. The molecule has 0 atom stereocenters. The van der Waals surface area contributed by atoms with Crippen LogP contribution < -0.4 is 0 Å². The Morgan fingerprint density at radius 1 is 0.844 bits per heavy atom. The summed E-state index contributed by atoms with van der Waals surface area (Å²) in [4.78, 5) is 17.9. The van der Waals surface area contributed by atoms with Crippen LogP contribution in [0.3, 0.4) is 0 Å². The lowest BCUT2D eigenvalue weighted by Crippen LogP contribution is -2.11. The van der Waals surface area contributed by atoms with Crippen molar-refractivity contribution in [3.63, 3.8) is 0 Å². The molecule has 0 bridgehead atoms. The van der Waals surface area contributed by atoms with Crippen LogP contribution in [0.15, 0.2) is 96.0 Å². The molecule has 5 rings (SSSR count). The zero-order chi connectivity index (χ0) is 21.9. The number of fused-ring (bicyclic) bond motifs is 3. The number of hydrogen-bond acceptors (Lipinski definition) is 4. The standard InChI is InChI=1S/C27H19N3OS/c28-18-20-14-15-23(19-8-2-1-3-9-19)29-27(20)32-17-16-26(31)30-24-12-6-4-10-21(24)22-11-5-7-13-25(22)30/h1-15H,16-17H2. The summed E-state index contributed by atoms with van der Waals surface area (Å²) in [6.07, 6.45) is 0.343. The highest BCUT2D eigenvalue weighted by atomic mass is 32.2. The summed E-state index contributed by atoms with van der Waals surface area (Å²) in [5.74, 6) is 0.576. The minimum atomic E-state index is 0.0348. The van der Waals surface area contributed by atoms with Gasteiger partial charge in [0.05, 0.1) is 22.3 Å². The molecule has 0 fully saturated rings. The number of carbonyl (C=O) groups excluding carboxylic acids is 1. The van der Waals surface area contributed by atoms with Crippen LogP contribution in [0.25, 0.3) is 33.1 Å². The van der Waals surface area contributed by atoms with Gasteiger partial charge in [-0.2, -0.15) is 5.26 Å². The Morgan fingerprint density at radius 3 is 2.12 bits per heavy atom. The predicted molar refractivity (Wildman–Crippen MR) is 130 cm³/mol. The summed E-state index contributed by atoms with van der Waals surface area (Å²) in [5.41, 5.74) is 4.19. The average molecular weight is 434 g/mol. The second-order valence-corrected chi connectivity index (χ2v) is 8.47. The Kier molecular flexibility index (Phi) is 5.45. The molecule has 0 N–H and O–H groups in total. The molecule has 154 valence electrons. The number of benzene rings is 3. The quantitative estimate of drug-likeness (QED) is 0.295. The van der Waals surface area contributed by atoms with Gasteiger partial charge >= 0.3 is 0 Å². The molecule has 5 heteroatoms. The fraction of sp³-hybridized carbons (Fsp3) is 0.0741. The average Bonchev–Trinajstić information content (AvgIpc) is 3.19. The normalized spacial score (nSPS) is 11.0. The van der Waals surface area contributed by atoms with Crippen LogP contribution in [-0.2, 0) is 0 Å². The van der Waals surface area contributed by atoms with Crippen molar-refractivity contribution in [2.75, 3.05) is 5.75 Å². The molecule has 32 heavy (non-hydrogen) atoms. The zero-order valence-electron chi connectivity index (χ0n) is 17.2. The topological polar surface area (TPSA) is 58.7 Å². The Balaban J connectivity index is 1.39. The van der Waals surface area contributed by atoms with Crippen LogP contribution in [-0.4, -0.2) is 21.2 Å². The minimum Gasteiger partial charge on any atom is -0.280 e. The second-order valence-electron chi connectivity index (χ2n) is 7.39. The van der Waals surface area contributed by atoms with E-state index < -0.39 is 0 Å². The van der Waals surface area contributed by atoms with E-state index in [2.05, 4.69) is 6.07 Å². The summed E-state index contributed by atoms with van der Waals surface area (Å²) in [5, 5.41) is 12.3. The van der Waals surface area contributed by atoms with Gasteiger partial charge in [0, 0.05) is 28.5 Å². The van der Waals surface area contributed by atoms with Gasteiger partial charge in [-0.25, -0.2) is 4.98 Å². The summed E-state index contributed by atoms with van der Waals surface area (Å²) < 4.78 is 1.81. The van der Waals surface area contributed by atoms with Crippen molar-refractivity contribution in [3.05, 3.63) is 96.6 Å². The van der Waals surface area contributed by atoms with E-state index >= 15 is 0 Å². The van der Waals surface area contributed by atoms with E-state index in [0.717, 1.165) is 33.1 Å². The summed E-state index contributed by atoms with van der Waals surface area (Å²) in [6.45, 7) is 0. The van der Waals surface area contributed by atoms with Crippen molar-refractivity contribution >= 4 is 39.5 Å². The van der Waals surface area contributed by atoms with Crippen molar-refractivity contribution in [3.8, 4) is 17.3 Å². The van der Waals surface area contributed by atoms with E-state index in [4.69, 9.17) is 4.98 Å². The first kappa shape index (κ1) is 20.0. The number of pyridine rings is 1. The van der Waals surface area contributed by atoms with Crippen molar-refractivity contribution in [2.45, 2.75) is 11.4 Å². The molecular weight excluding hydrogens is 414 g/mol. The van der Waals surface area contributed by atoms with Crippen LogP contribution >= 0.6 is 11.8 Å². The largest absolute Gasteiger partial charge is 0.280 e. The summed E-state index contributed by atoms with van der Waals surface area (Å²) >= 11 is 1.45. The number of nitrogens with zero attached hydrogens (tertiary/aromatic N) is 3. The molecule has 3 aromatic carbocycles. The highest BCUT2D eigenvalue weighted by Crippen LogP contribution is 2.30. The third-order valence-electron chi connectivity index (χ3n) is 5.43. The third-order valence-corrected chi connectivity index (χ3v) is 6.43. The highest BCUT2D eigenvalue weighted by Gasteiger charge is 2.16. The van der Waals surface area contributed by atoms with Crippen molar-refractivity contribution in [1.82, 2.24) is 9.55 Å². The van der Waals surface area contributed by atoms with Crippen LogP contribution in [0.5, 0.6) is 0 Å². The molecule has 0 aliphatic rings. The van der Waals surface area contributed by atoms with Crippen molar-refractivity contribution in [2.24, 2.45) is 0 Å². The van der Waals surface area contributed by atoms with Crippen molar-refractivity contribution < 1.29 is 4.79 Å². The van der Waals surface area contributed by atoms with Gasteiger partial charge in [0.2, 0.25) is 5.91 Å². The van der Waals surface area contributed by atoms with Crippen molar-refractivity contribution in [1.29, 1.82) is 5.26 Å². The van der Waals surface area contributed by atoms with E-state index in [9.17, 15) is 10.1 Å². The van der Waals surface area contributed by atoms with Crippen LogP contribution in [0.4, 0.5) is 0 Å². The maximum absolute atomic E-state index is 13.2. The Morgan fingerprint density at radius 2 is 1.47 bits per heavy atom. The number of nitriles is 1. The molecule has 0 saturated heterocycles. The molecule has 0 radical (unpaired) electrons. The van der Waals surface area contributed by atoms with E-state index in [1.807, 2.05) is 89.5 Å². The van der Waals surface area contributed by atoms with Gasteiger partial charge in [0.25, 0.3) is 0 Å². The number of aromatic nitrogens is 2. The molecule has 4 nitrogen and oxygen atoms in total. The SMILES string of the molecule is N#Cc1ccc(-c2ccccc2)nc1SCCC(=O)n1c2ccccc2c2ccccc21. The van der Waals surface area contributed by atoms with E-state index in [-0.39, 0.29) is 5.91 Å². The molecule has 5 aromatic rings. The third kappa shape index (κ3) is 3.66. The molecule has 2 aromatic heterocycles. The number of para-hydroxylation sites is 2. The zero-order valence-corrected chi connectivity index (χ0v) is 18.0. The first-order chi connectivity index (χ1) is 15.8. The number of rotatable bonds is 5. The predicted octanol–water partition coefficient (Wildman–Crippen LogP) is 6.55. The number of hydrogen-bond donors (Lipinski definition) is 0. The molecule has 0 unspecified atom stereocenters. The highest BCUT2D eigenvalue weighted by molar-refractivity contribution is 7.99. The first-order valence-electron chi connectivity index (χ1n) is 10.4. The van der Waals surface area contributed by atoms with Gasteiger partial charge in [-0.1, -0.05) is 66.7 Å². The van der Waals surface area contributed by atoms with E-state index in [1.165, 1.54) is 11.8 Å². The Labute approximate surface area is 190 Å². The second kappa shape index (κ2) is 8.70. The Hall–Kier alpha value is -3.88. The maximum atomic E-state index is 13.2. The van der Waals surface area contributed by atoms with E-state index in [1.54, 1.807) is 6.07 Å². The fourth-order valence-corrected chi connectivity index (χ4v) is 4.85. The van der Waals surface area contributed by atoms with Crippen LogP contribution in [0.1, 0.15) is 16.8 Å². The van der Waals surface area contributed by atoms with Gasteiger partial charge in [0.1, 0.15) is 11.1 Å². The fourth-order valence-electron chi connectivity index (χ4n) is 3.94. The molecule has 0 aliphatic heterocycles. The monoisotopic (exact) mass is 433 g/mol. The summed E-state index contributed by atoms with van der Waals surface area (Å²) in [6, 6.07) is 31.7.